The molecular formula is C17H24N4O2. The van der Waals surface area contributed by atoms with Crippen LogP contribution in [0.25, 0.3) is 0 Å². The first-order chi connectivity index (χ1) is 10.8. The molecule has 1 atom stereocenters. The van der Waals surface area contributed by atoms with Crippen molar-refractivity contribution in [2.24, 2.45) is 0 Å². The first-order valence-corrected chi connectivity index (χ1v) is 7.87. The molecule has 0 aromatic carbocycles. The molecule has 0 aliphatic carbocycles. The van der Waals surface area contributed by atoms with E-state index in [9.17, 15) is 10.1 Å². The van der Waals surface area contributed by atoms with Crippen molar-refractivity contribution in [1.29, 1.82) is 5.26 Å². The Bertz CT molecular complexity index is 603. The zero-order chi connectivity index (χ0) is 17.0. The van der Waals surface area contributed by atoms with Crippen LogP contribution in [-0.4, -0.2) is 47.8 Å². The van der Waals surface area contributed by atoms with Gasteiger partial charge in [-0.1, -0.05) is 0 Å². The second-order valence-electron chi connectivity index (χ2n) is 6.82. The molecule has 0 radical (unpaired) electrons. The van der Waals surface area contributed by atoms with E-state index in [-0.39, 0.29) is 12.1 Å². The van der Waals surface area contributed by atoms with E-state index in [2.05, 4.69) is 11.1 Å². The number of rotatable bonds is 2. The van der Waals surface area contributed by atoms with Gasteiger partial charge in [0.15, 0.2) is 0 Å². The second-order valence-corrected chi connectivity index (χ2v) is 6.82. The summed E-state index contributed by atoms with van der Waals surface area (Å²) >= 11 is 0. The van der Waals surface area contributed by atoms with Gasteiger partial charge in [-0.3, -0.25) is 0 Å². The van der Waals surface area contributed by atoms with E-state index < -0.39 is 5.60 Å². The number of likely N-dealkylation sites (tertiary alicyclic amines) is 1. The highest BCUT2D eigenvalue weighted by molar-refractivity contribution is 5.68. The number of ether oxygens (including phenoxy) is 1. The molecular weight excluding hydrogens is 292 g/mol. The minimum absolute atomic E-state index is 0.123. The summed E-state index contributed by atoms with van der Waals surface area (Å²) in [5.74, 6) is 0.658. The lowest BCUT2D eigenvalue weighted by molar-refractivity contribution is 0.0199. The predicted molar refractivity (Wildman–Crippen MR) is 88.2 cm³/mol. The largest absolute Gasteiger partial charge is 0.444 e. The van der Waals surface area contributed by atoms with Crippen molar-refractivity contribution < 1.29 is 9.53 Å². The Balaban J connectivity index is 2.09. The van der Waals surface area contributed by atoms with E-state index in [0.717, 1.165) is 12.8 Å². The molecule has 0 N–H and O–H groups in total. The molecule has 6 heteroatoms. The van der Waals surface area contributed by atoms with Crippen LogP contribution in [0.3, 0.4) is 0 Å². The first kappa shape index (κ1) is 17.1. The van der Waals surface area contributed by atoms with Gasteiger partial charge in [0.05, 0.1) is 5.56 Å². The van der Waals surface area contributed by atoms with Crippen LogP contribution in [0.1, 0.15) is 39.2 Å². The Hall–Kier alpha value is -2.29. The Labute approximate surface area is 137 Å². The lowest BCUT2D eigenvalue weighted by Crippen LogP contribution is -2.50. The standard InChI is InChI=1S/C17H24N4O2/c1-17(2,3)23-16(22)21-10-6-8-14(12-21)20(4)15-13(11-18)7-5-9-19-15/h5,7,9,14H,6,8,10,12H2,1-4H3/t14-/m0/s1. The van der Waals surface area contributed by atoms with Gasteiger partial charge in [0.25, 0.3) is 0 Å². The zero-order valence-corrected chi connectivity index (χ0v) is 14.2. The van der Waals surface area contributed by atoms with Gasteiger partial charge < -0.3 is 14.5 Å². The number of aromatic nitrogens is 1. The van der Waals surface area contributed by atoms with Crippen LogP contribution in [0, 0.1) is 11.3 Å². The number of hydrogen-bond acceptors (Lipinski definition) is 5. The number of piperidine rings is 1. The van der Waals surface area contributed by atoms with Crippen molar-refractivity contribution in [2.45, 2.75) is 45.3 Å². The van der Waals surface area contributed by atoms with Crippen molar-refractivity contribution in [1.82, 2.24) is 9.88 Å². The molecule has 1 aromatic heterocycles. The third-order valence-electron chi connectivity index (χ3n) is 3.84. The molecule has 1 amide bonds. The highest BCUT2D eigenvalue weighted by Crippen LogP contribution is 2.23. The Morgan fingerprint density at radius 1 is 1.52 bits per heavy atom. The maximum Gasteiger partial charge on any atom is 0.410 e. The summed E-state index contributed by atoms with van der Waals surface area (Å²) in [6, 6.07) is 5.81. The van der Waals surface area contributed by atoms with E-state index in [1.54, 1.807) is 23.2 Å². The predicted octanol–water partition coefficient (Wildman–Crippen LogP) is 2.79. The highest BCUT2D eigenvalue weighted by Gasteiger charge is 2.30. The number of carbonyl (C=O) groups is 1. The van der Waals surface area contributed by atoms with Gasteiger partial charge in [-0.2, -0.15) is 5.26 Å². The van der Waals surface area contributed by atoms with Crippen LogP contribution < -0.4 is 4.90 Å². The van der Waals surface area contributed by atoms with E-state index >= 15 is 0 Å². The number of nitrogens with zero attached hydrogens (tertiary/aromatic N) is 4. The van der Waals surface area contributed by atoms with Crippen molar-refractivity contribution in [2.75, 3.05) is 25.0 Å². The van der Waals surface area contributed by atoms with Crippen LogP contribution >= 0.6 is 0 Å². The monoisotopic (exact) mass is 316 g/mol. The molecule has 1 fully saturated rings. The number of carbonyl (C=O) groups excluding carboxylic acids is 1. The SMILES string of the molecule is CN(c1ncccc1C#N)[C@H]1CCCN(C(=O)OC(C)(C)C)C1. The molecule has 0 saturated carbocycles. The van der Waals surface area contributed by atoms with Crippen LogP contribution in [-0.2, 0) is 4.74 Å². The van der Waals surface area contributed by atoms with Gasteiger partial charge in [-0.15, -0.1) is 0 Å². The molecule has 1 aromatic rings. The number of likely N-dealkylation sites (N-methyl/N-ethyl adjacent to an activating group) is 1. The summed E-state index contributed by atoms with van der Waals surface area (Å²) < 4.78 is 5.46. The summed E-state index contributed by atoms with van der Waals surface area (Å²) in [6.07, 6.45) is 3.26. The molecule has 1 aliphatic heterocycles. The van der Waals surface area contributed by atoms with Crippen molar-refractivity contribution in [3.63, 3.8) is 0 Å². The van der Waals surface area contributed by atoms with Gasteiger partial charge in [0.2, 0.25) is 0 Å². The van der Waals surface area contributed by atoms with Crippen LogP contribution in [0.15, 0.2) is 18.3 Å². The topological polar surface area (TPSA) is 69.5 Å². The molecule has 0 unspecified atom stereocenters. The van der Waals surface area contributed by atoms with E-state index in [4.69, 9.17) is 4.74 Å². The highest BCUT2D eigenvalue weighted by atomic mass is 16.6. The van der Waals surface area contributed by atoms with Gasteiger partial charge >= 0.3 is 6.09 Å². The Morgan fingerprint density at radius 2 is 2.26 bits per heavy atom. The second kappa shape index (κ2) is 6.86. The molecule has 124 valence electrons. The van der Waals surface area contributed by atoms with Gasteiger partial charge in [-0.25, -0.2) is 9.78 Å². The van der Waals surface area contributed by atoms with Gasteiger partial charge in [-0.05, 0) is 45.7 Å². The summed E-state index contributed by atoms with van der Waals surface area (Å²) in [4.78, 5) is 20.3. The number of anilines is 1. The quantitative estimate of drug-likeness (QED) is 0.839. The lowest BCUT2D eigenvalue weighted by atomic mass is 10.0. The number of amides is 1. The third-order valence-corrected chi connectivity index (χ3v) is 3.84. The zero-order valence-electron chi connectivity index (χ0n) is 14.2. The van der Waals surface area contributed by atoms with Crippen molar-refractivity contribution in [3.05, 3.63) is 23.9 Å². The molecule has 2 heterocycles. The van der Waals surface area contributed by atoms with Crippen LogP contribution in [0.2, 0.25) is 0 Å². The fourth-order valence-corrected chi connectivity index (χ4v) is 2.70. The fourth-order valence-electron chi connectivity index (χ4n) is 2.70. The fraction of sp³-hybridized carbons (Fsp3) is 0.588. The van der Waals surface area contributed by atoms with Crippen LogP contribution in [0.5, 0.6) is 0 Å². The minimum atomic E-state index is -0.495. The Morgan fingerprint density at radius 3 is 2.91 bits per heavy atom. The van der Waals surface area contributed by atoms with Crippen molar-refractivity contribution >= 4 is 11.9 Å². The van der Waals surface area contributed by atoms with Gasteiger partial charge in [0, 0.05) is 32.4 Å². The maximum atomic E-state index is 12.3. The summed E-state index contributed by atoms with van der Waals surface area (Å²) in [6.45, 7) is 6.88. The minimum Gasteiger partial charge on any atom is -0.444 e. The summed E-state index contributed by atoms with van der Waals surface area (Å²) in [7, 11) is 1.92. The van der Waals surface area contributed by atoms with Gasteiger partial charge in [0.1, 0.15) is 17.5 Å². The molecule has 1 saturated heterocycles. The smallest absolute Gasteiger partial charge is 0.410 e. The molecule has 6 nitrogen and oxygen atoms in total. The summed E-state index contributed by atoms with van der Waals surface area (Å²) in [5, 5.41) is 9.23. The first-order valence-electron chi connectivity index (χ1n) is 7.87. The Kier molecular flexibility index (Phi) is 5.09. The average molecular weight is 316 g/mol. The third kappa shape index (κ3) is 4.35. The number of hydrogen-bond donors (Lipinski definition) is 0. The molecule has 1 aliphatic rings. The van der Waals surface area contributed by atoms with E-state index in [0.29, 0.717) is 24.5 Å². The van der Waals surface area contributed by atoms with Crippen molar-refractivity contribution in [3.8, 4) is 6.07 Å². The van der Waals surface area contributed by atoms with E-state index in [1.807, 2.05) is 32.7 Å². The number of pyridine rings is 1. The number of nitriles is 1. The molecule has 0 spiro atoms. The average Bonchev–Trinajstić information content (AvgIpc) is 2.52. The lowest BCUT2D eigenvalue weighted by Gasteiger charge is -2.38. The van der Waals surface area contributed by atoms with Crippen LogP contribution in [0.4, 0.5) is 10.6 Å². The summed E-state index contributed by atoms with van der Waals surface area (Å²) in [5.41, 5.74) is 0.0506. The molecule has 0 bridgehead atoms. The molecule has 2 rings (SSSR count). The maximum absolute atomic E-state index is 12.3. The normalized spacial score (nSPS) is 18.2. The molecule has 23 heavy (non-hydrogen) atoms. The van der Waals surface area contributed by atoms with E-state index in [1.165, 1.54) is 0 Å².